The Balaban J connectivity index is 2.35. The molecule has 0 unspecified atom stereocenters. The van der Waals surface area contributed by atoms with Gasteiger partial charge in [0, 0.05) is 25.7 Å². The second-order valence-corrected chi connectivity index (χ2v) is 5.33. The van der Waals surface area contributed by atoms with Crippen LogP contribution in [0.15, 0.2) is 24.3 Å². The van der Waals surface area contributed by atoms with Gasteiger partial charge in [-0.2, -0.15) is 0 Å². The van der Waals surface area contributed by atoms with Crippen LogP contribution in [0, 0.1) is 5.82 Å². The maximum Gasteiger partial charge on any atom is 0.241 e. The summed E-state index contributed by atoms with van der Waals surface area (Å²) >= 11 is 0. The van der Waals surface area contributed by atoms with Gasteiger partial charge in [-0.15, -0.1) is 0 Å². The van der Waals surface area contributed by atoms with Crippen molar-refractivity contribution >= 4 is 11.8 Å². The Kier molecular flexibility index (Phi) is 5.49. The molecule has 1 fully saturated rings. The molecule has 0 spiro atoms. The van der Waals surface area contributed by atoms with Gasteiger partial charge in [0.1, 0.15) is 11.9 Å². The lowest BCUT2D eigenvalue weighted by atomic mass is 10.0. The molecule has 2 rings (SSSR count). The summed E-state index contributed by atoms with van der Waals surface area (Å²) in [6, 6.07) is 5.03. The van der Waals surface area contributed by atoms with Gasteiger partial charge in [-0.1, -0.05) is 18.2 Å². The van der Waals surface area contributed by atoms with Crippen LogP contribution in [0.3, 0.4) is 0 Å². The zero-order chi connectivity index (χ0) is 16.1. The molecule has 2 amide bonds. The molecule has 1 aliphatic rings. The number of nitrogens with zero attached hydrogens (tertiary/aromatic N) is 1. The minimum absolute atomic E-state index is 0.106. The smallest absolute Gasteiger partial charge is 0.241 e. The van der Waals surface area contributed by atoms with Crippen LogP contribution >= 0.6 is 0 Å². The predicted octanol–water partition coefficient (Wildman–Crippen LogP) is 1.21. The monoisotopic (exact) mass is 307 g/mol. The van der Waals surface area contributed by atoms with Gasteiger partial charge < -0.3 is 10.6 Å². The minimum Gasteiger partial charge on any atom is -0.358 e. The predicted molar refractivity (Wildman–Crippen MR) is 81.6 cm³/mol. The molecule has 6 heteroatoms. The number of likely N-dealkylation sites (N-methyl/N-ethyl adjacent to an activating group) is 2. The van der Waals surface area contributed by atoms with Gasteiger partial charge in [0.25, 0.3) is 0 Å². The lowest BCUT2D eigenvalue weighted by Crippen LogP contribution is -2.48. The van der Waals surface area contributed by atoms with Crippen molar-refractivity contribution in [2.45, 2.75) is 31.8 Å². The molecule has 5 nitrogen and oxygen atoms in total. The van der Waals surface area contributed by atoms with E-state index >= 15 is 0 Å². The van der Waals surface area contributed by atoms with E-state index in [1.54, 1.807) is 23.1 Å². The summed E-state index contributed by atoms with van der Waals surface area (Å²) < 4.78 is 14.2. The van der Waals surface area contributed by atoms with Gasteiger partial charge >= 0.3 is 0 Å². The lowest BCUT2D eigenvalue weighted by Gasteiger charge is -2.31. The summed E-state index contributed by atoms with van der Waals surface area (Å²) in [4.78, 5) is 26.3. The number of rotatable bonds is 5. The molecule has 1 saturated heterocycles. The molecule has 0 radical (unpaired) electrons. The van der Waals surface area contributed by atoms with Crippen LogP contribution < -0.4 is 10.6 Å². The van der Waals surface area contributed by atoms with Crippen molar-refractivity contribution in [2.24, 2.45) is 0 Å². The first-order chi connectivity index (χ1) is 10.6. The third-order valence-electron chi connectivity index (χ3n) is 3.97. The van der Waals surface area contributed by atoms with Crippen molar-refractivity contribution in [3.8, 4) is 0 Å². The summed E-state index contributed by atoms with van der Waals surface area (Å²) in [5.74, 6) is -0.843. The first-order valence-corrected chi connectivity index (χ1v) is 7.59. The third-order valence-corrected chi connectivity index (χ3v) is 3.97. The van der Waals surface area contributed by atoms with Crippen molar-refractivity contribution in [1.82, 2.24) is 15.5 Å². The Hall–Kier alpha value is -1.95. The van der Waals surface area contributed by atoms with Crippen molar-refractivity contribution < 1.29 is 14.0 Å². The summed E-state index contributed by atoms with van der Waals surface area (Å²) in [5.41, 5.74) is 0.304. The van der Waals surface area contributed by atoms with E-state index in [0.717, 1.165) is 6.42 Å². The molecule has 0 saturated carbocycles. The number of carbonyl (C=O) groups is 2. The van der Waals surface area contributed by atoms with Crippen LogP contribution in [0.25, 0.3) is 0 Å². The van der Waals surface area contributed by atoms with E-state index in [2.05, 4.69) is 10.6 Å². The van der Waals surface area contributed by atoms with Crippen LogP contribution in [0.4, 0.5) is 4.39 Å². The van der Waals surface area contributed by atoms with Crippen LogP contribution in [0.1, 0.15) is 31.4 Å². The number of amides is 2. The summed E-state index contributed by atoms with van der Waals surface area (Å²) in [7, 11) is 1.52. The number of halogens is 1. The minimum atomic E-state index is -0.790. The maximum absolute atomic E-state index is 14.2. The highest BCUT2D eigenvalue weighted by Gasteiger charge is 2.39. The molecular weight excluding hydrogens is 285 g/mol. The second-order valence-electron chi connectivity index (χ2n) is 5.33. The molecule has 1 aromatic rings. The first-order valence-electron chi connectivity index (χ1n) is 7.59. The van der Waals surface area contributed by atoms with Gasteiger partial charge in [-0.05, 0) is 25.8 Å². The number of likely N-dealkylation sites (tertiary alicyclic amines) is 1. The number of carbonyl (C=O) groups excluding carboxylic acids is 2. The van der Waals surface area contributed by atoms with E-state index < -0.39 is 17.9 Å². The highest BCUT2D eigenvalue weighted by molar-refractivity contribution is 5.86. The highest BCUT2D eigenvalue weighted by Crippen LogP contribution is 2.31. The van der Waals surface area contributed by atoms with E-state index in [-0.39, 0.29) is 11.8 Å². The zero-order valence-corrected chi connectivity index (χ0v) is 12.9. The first kappa shape index (κ1) is 16.4. The molecule has 0 bridgehead atoms. The standard InChI is InChI=1S/C16H22FN3O2/c1-3-19-15(21)13-9-6-10-20(13)14(16(22)18-2)11-7-4-5-8-12(11)17/h4-5,7-8,13-14H,3,6,9-10H2,1-2H3,(H,18,22)(H,19,21)/t13-,14+/m0/s1. The van der Waals surface area contributed by atoms with Gasteiger partial charge in [0.05, 0.1) is 6.04 Å². The van der Waals surface area contributed by atoms with E-state index in [4.69, 9.17) is 0 Å². The molecule has 22 heavy (non-hydrogen) atoms. The molecule has 0 aromatic heterocycles. The maximum atomic E-state index is 14.2. The second kappa shape index (κ2) is 7.35. The molecule has 120 valence electrons. The number of nitrogens with one attached hydrogen (secondary N) is 2. The molecule has 0 aliphatic carbocycles. The number of hydrogen-bond acceptors (Lipinski definition) is 3. The van der Waals surface area contributed by atoms with E-state index in [1.165, 1.54) is 13.1 Å². The average molecular weight is 307 g/mol. The van der Waals surface area contributed by atoms with Gasteiger partial charge in [-0.3, -0.25) is 14.5 Å². The van der Waals surface area contributed by atoms with Gasteiger partial charge in [0.15, 0.2) is 0 Å². The van der Waals surface area contributed by atoms with Crippen molar-refractivity contribution in [3.05, 3.63) is 35.6 Å². The largest absolute Gasteiger partial charge is 0.358 e. The average Bonchev–Trinajstić information content (AvgIpc) is 2.98. The normalized spacial score (nSPS) is 19.7. The molecule has 1 aromatic carbocycles. The van der Waals surface area contributed by atoms with Gasteiger partial charge in [-0.25, -0.2) is 4.39 Å². The molecular formula is C16H22FN3O2. The fraction of sp³-hybridized carbons (Fsp3) is 0.500. The number of hydrogen-bond donors (Lipinski definition) is 2. The van der Waals surface area contributed by atoms with E-state index in [1.807, 2.05) is 6.92 Å². The van der Waals surface area contributed by atoms with E-state index in [0.29, 0.717) is 25.1 Å². The molecule has 2 atom stereocenters. The third kappa shape index (κ3) is 3.27. The Morgan fingerprint density at radius 3 is 2.77 bits per heavy atom. The lowest BCUT2D eigenvalue weighted by molar-refractivity contribution is -0.131. The summed E-state index contributed by atoms with van der Waals surface area (Å²) in [5, 5.41) is 5.37. The Bertz CT molecular complexity index is 550. The fourth-order valence-corrected chi connectivity index (χ4v) is 2.98. The Morgan fingerprint density at radius 1 is 1.41 bits per heavy atom. The van der Waals surface area contributed by atoms with Crippen LogP contribution in [-0.2, 0) is 9.59 Å². The quantitative estimate of drug-likeness (QED) is 0.860. The van der Waals surface area contributed by atoms with Crippen molar-refractivity contribution in [1.29, 1.82) is 0 Å². The van der Waals surface area contributed by atoms with Crippen LogP contribution in [0.2, 0.25) is 0 Å². The van der Waals surface area contributed by atoms with Crippen LogP contribution in [-0.4, -0.2) is 42.9 Å². The summed E-state index contributed by atoms with van der Waals surface area (Å²) in [6.07, 6.45) is 1.48. The summed E-state index contributed by atoms with van der Waals surface area (Å²) in [6.45, 7) is 2.98. The van der Waals surface area contributed by atoms with Crippen molar-refractivity contribution in [3.63, 3.8) is 0 Å². The topological polar surface area (TPSA) is 61.4 Å². The number of benzene rings is 1. The molecule has 1 heterocycles. The molecule has 2 N–H and O–H groups in total. The zero-order valence-electron chi connectivity index (χ0n) is 12.9. The van der Waals surface area contributed by atoms with Crippen molar-refractivity contribution in [2.75, 3.05) is 20.1 Å². The molecule has 1 aliphatic heterocycles. The Labute approximate surface area is 129 Å². The Morgan fingerprint density at radius 2 is 2.14 bits per heavy atom. The van der Waals surface area contributed by atoms with E-state index in [9.17, 15) is 14.0 Å². The highest BCUT2D eigenvalue weighted by atomic mass is 19.1. The SMILES string of the molecule is CCNC(=O)[C@@H]1CCCN1[C@@H](C(=O)NC)c1ccccc1F. The fourth-order valence-electron chi connectivity index (χ4n) is 2.98. The van der Waals surface area contributed by atoms with Crippen LogP contribution in [0.5, 0.6) is 0 Å². The van der Waals surface area contributed by atoms with Gasteiger partial charge in [0.2, 0.25) is 11.8 Å².